The molecule has 0 spiro atoms. The minimum Gasteiger partial charge on any atom is -0.346 e. The first-order valence-corrected chi connectivity index (χ1v) is 6.73. The summed E-state index contributed by atoms with van der Waals surface area (Å²) in [6, 6.07) is 7.70. The van der Waals surface area contributed by atoms with Crippen LogP contribution in [-0.2, 0) is 20.8 Å². The van der Waals surface area contributed by atoms with E-state index in [0.29, 0.717) is 6.54 Å². The second-order valence-corrected chi connectivity index (χ2v) is 4.68. The van der Waals surface area contributed by atoms with Crippen molar-refractivity contribution < 1.29 is 14.4 Å². The first-order valence-electron chi connectivity index (χ1n) is 6.73. The van der Waals surface area contributed by atoms with Crippen LogP contribution in [0.5, 0.6) is 0 Å². The molecule has 7 nitrogen and oxygen atoms in total. The average molecular weight is 327 g/mol. The van der Waals surface area contributed by atoms with Gasteiger partial charge in [0.1, 0.15) is 0 Å². The highest BCUT2D eigenvalue weighted by atomic mass is 35.5. The lowest BCUT2D eigenvalue weighted by atomic mass is 10.2. The number of amides is 3. The molecule has 8 heteroatoms. The number of rotatable bonds is 5. The van der Waals surface area contributed by atoms with Crippen molar-refractivity contribution in [3.05, 3.63) is 29.8 Å². The van der Waals surface area contributed by atoms with E-state index in [9.17, 15) is 14.4 Å². The van der Waals surface area contributed by atoms with Gasteiger partial charge in [-0.3, -0.25) is 14.4 Å². The highest BCUT2D eigenvalue weighted by Gasteiger charge is 2.23. The standard InChI is InChI=1S/C14H18N4O3.ClH/c15-7-12(19)16-8-13(20)17-9-14(21)18-6-5-10-3-1-2-4-11(10)18;/h1-4H,5-9,15H2,(H,16,19)(H,17,20);1H. The number of para-hydroxylation sites is 1. The Morgan fingerprint density at radius 2 is 1.77 bits per heavy atom. The number of benzene rings is 1. The van der Waals surface area contributed by atoms with Gasteiger partial charge in [-0.25, -0.2) is 0 Å². The maximum absolute atomic E-state index is 12.1. The molecule has 3 amide bonds. The van der Waals surface area contributed by atoms with Crippen LogP contribution in [0.3, 0.4) is 0 Å². The molecule has 0 saturated carbocycles. The van der Waals surface area contributed by atoms with Gasteiger partial charge in [0.25, 0.3) is 0 Å². The van der Waals surface area contributed by atoms with Crippen LogP contribution in [0.2, 0.25) is 0 Å². The Morgan fingerprint density at radius 1 is 1.09 bits per heavy atom. The van der Waals surface area contributed by atoms with E-state index in [2.05, 4.69) is 10.6 Å². The van der Waals surface area contributed by atoms with Crippen LogP contribution < -0.4 is 21.3 Å². The van der Waals surface area contributed by atoms with E-state index in [0.717, 1.165) is 17.7 Å². The molecular formula is C14H19ClN4O3. The van der Waals surface area contributed by atoms with E-state index in [1.54, 1.807) is 4.90 Å². The van der Waals surface area contributed by atoms with Crippen molar-refractivity contribution >= 4 is 35.8 Å². The fraction of sp³-hybridized carbons (Fsp3) is 0.357. The SMILES string of the molecule is Cl.NCC(=O)NCC(=O)NCC(=O)N1CCc2ccccc21. The van der Waals surface area contributed by atoms with Gasteiger partial charge in [0, 0.05) is 12.2 Å². The smallest absolute Gasteiger partial charge is 0.246 e. The molecule has 1 aliphatic rings. The fourth-order valence-electron chi connectivity index (χ4n) is 2.18. The Balaban J connectivity index is 0.00000242. The van der Waals surface area contributed by atoms with Crippen molar-refractivity contribution in [1.82, 2.24) is 10.6 Å². The Kier molecular flexibility index (Phi) is 6.81. The van der Waals surface area contributed by atoms with Crippen LogP contribution in [-0.4, -0.2) is 43.9 Å². The van der Waals surface area contributed by atoms with Crippen molar-refractivity contribution in [2.24, 2.45) is 5.73 Å². The van der Waals surface area contributed by atoms with Crippen molar-refractivity contribution in [2.75, 3.05) is 31.1 Å². The lowest BCUT2D eigenvalue weighted by Crippen LogP contribution is -2.44. The summed E-state index contributed by atoms with van der Waals surface area (Å²) in [6.07, 6.45) is 0.822. The van der Waals surface area contributed by atoms with Gasteiger partial charge < -0.3 is 21.3 Å². The summed E-state index contributed by atoms with van der Waals surface area (Å²) >= 11 is 0. The molecule has 0 saturated heterocycles. The molecule has 1 aromatic carbocycles. The van der Waals surface area contributed by atoms with Crippen LogP contribution in [0.25, 0.3) is 0 Å². The molecule has 0 unspecified atom stereocenters. The third-order valence-corrected chi connectivity index (χ3v) is 3.26. The number of fused-ring (bicyclic) bond motifs is 1. The Morgan fingerprint density at radius 3 is 2.50 bits per heavy atom. The molecular weight excluding hydrogens is 308 g/mol. The van der Waals surface area contributed by atoms with Crippen molar-refractivity contribution in [1.29, 1.82) is 0 Å². The summed E-state index contributed by atoms with van der Waals surface area (Å²) < 4.78 is 0. The number of carbonyl (C=O) groups excluding carboxylic acids is 3. The average Bonchev–Trinajstić information content (AvgIpc) is 2.94. The molecule has 1 aromatic rings. The zero-order valence-corrected chi connectivity index (χ0v) is 12.8. The largest absolute Gasteiger partial charge is 0.346 e. The maximum atomic E-state index is 12.1. The molecule has 0 bridgehead atoms. The zero-order chi connectivity index (χ0) is 15.2. The summed E-state index contributed by atoms with van der Waals surface area (Å²) in [7, 11) is 0. The fourth-order valence-corrected chi connectivity index (χ4v) is 2.18. The molecule has 2 rings (SSSR count). The minimum atomic E-state index is -0.419. The Bertz CT molecular complexity index is 565. The molecule has 0 fully saturated rings. The van der Waals surface area contributed by atoms with Crippen LogP contribution in [0.1, 0.15) is 5.56 Å². The van der Waals surface area contributed by atoms with Crippen LogP contribution in [0, 0.1) is 0 Å². The van der Waals surface area contributed by atoms with Crippen LogP contribution in [0.4, 0.5) is 5.69 Å². The first-order chi connectivity index (χ1) is 10.1. The number of nitrogens with two attached hydrogens (primary N) is 1. The van der Waals surface area contributed by atoms with Gasteiger partial charge >= 0.3 is 0 Å². The molecule has 0 aromatic heterocycles. The second kappa shape index (κ2) is 8.35. The first kappa shape index (κ1) is 17.9. The van der Waals surface area contributed by atoms with Crippen LogP contribution >= 0.6 is 12.4 Å². The van der Waals surface area contributed by atoms with Crippen molar-refractivity contribution in [3.8, 4) is 0 Å². The predicted molar refractivity (Wildman–Crippen MR) is 84.8 cm³/mol. The van der Waals surface area contributed by atoms with E-state index in [1.165, 1.54) is 0 Å². The summed E-state index contributed by atoms with van der Waals surface area (Å²) in [5.74, 6) is -0.999. The summed E-state index contributed by atoms with van der Waals surface area (Å²) in [5, 5.41) is 4.82. The third-order valence-electron chi connectivity index (χ3n) is 3.26. The highest BCUT2D eigenvalue weighted by molar-refractivity contribution is 5.98. The van der Waals surface area contributed by atoms with Gasteiger partial charge in [-0.15, -0.1) is 12.4 Å². The van der Waals surface area contributed by atoms with Gasteiger partial charge in [0.2, 0.25) is 17.7 Å². The maximum Gasteiger partial charge on any atom is 0.246 e. The monoisotopic (exact) mass is 326 g/mol. The molecule has 120 valence electrons. The molecule has 0 aliphatic carbocycles. The van der Waals surface area contributed by atoms with E-state index >= 15 is 0 Å². The van der Waals surface area contributed by atoms with Crippen molar-refractivity contribution in [2.45, 2.75) is 6.42 Å². The lowest BCUT2D eigenvalue weighted by molar-refractivity contribution is -0.126. The number of halogens is 1. The molecule has 22 heavy (non-hydrogen) atoms. The molecule has 0 radical (unpaired) electrons. The minimum absolute atomic E-state index is 0. The molecule has 1 heterocycles. The van der Waals surface area contributed by atoms with Crippen LogP contribution in [0.15, 0.2) is 24.3 Å². The van der Waals surface area contributed by atoms with E-state index in [-0.39, 0.29) is 37.9 Å². The van der Waals surface area contributed by atoms with Gasteiger partial charge in [0.05, 0.1) is 19.6 Å². The summed E-state index contributed by atoms with van der Waals surface area (Å²) in [6.45, 7) is 0.181. The zero-order valence-electron chi connectivity index (χ0n) is 12.0. The quantitative estimate of drug-likeness (QED) is 0.658. The van der Waals surface area contributed by atoms with Gasteiger partial charge in [-0.2, -0.15) is 0 Å². The molecule has 4 N–H and O–H groups in total. The molecule has 1 aliphatic heterocycles. The summed E-state index contributed by atoms with van der Waals surface area (Å²) in [4.78, 5) is 36.2. The highest BCUT2D eigenvalue weighted by Crippen LogP contribution is 2.27. The number of carbonyl (C=O) groups is 3. The Hall–Kier alpha value is -2.12. The molecule has 0 atom stereocenters. The second-order valence-electron chi connectivity index (χ2n) is 4.68. The van der Waals surface area contributed by atoms with Gasteiger partial charge in [-0.1, -0.05) is 18.2 Å². The summed E-state index contributed by atoms with van der Waals surface area (Å²) in [5.41, 5.74) is 7.13. The van der Waals surface area contributed by atoms with E-state index in [1.807, 2.05) is 24.3 Å². The predicted octanol–water partition coefficient (Wildman–Crippen LogP) is -0.811. The normalized spacial score (nSPS) is 12.1. The number of hydrogen-bond donors (Lipinski definition) is 3. The number of nitrogens with zero attached hydrogens (tertiary/aromatic N) is 1. The lowest BCUT2D eigenvalue weighted by Gasteiger charge is -2.17. The number of anilines is 1. The van der Waals surface area contributed by atoms with E-state index in [4.69, 9.17) is 5.73 Å². The topological polar surface area (TPSA) is 105 Å². The Labute approximate surface area is 134 Å². The third kappa shape index (κ3) is 4.44. The van der Waals surface area contributed by atoms with Gasteiger partial charge in [-0.05, 0) is 18.1 Å². The van der Waals surface area contributed by atoms with E-state index < -0.39 is 11.8 Å². The van der Waals surface area contributed by atoms with Crippen molar-refractivity contribution in [3.63, 3.8) is 0 Å². The number of nitrogens with one attached hydrogen (secondary N) is 2. The number of hydrogen-bond acceptors (Lipinski definition) is 4. The van der Waals surface area contributed by atoms with Gasteiger partial charge in [0.15, 0.2) is 0 Å².